The topological polar surface area (TPSA) is 82.2 Å². The lowest BCUT2D eigenvalue weighted by atomic mass is 9.96. The lowest BCUT2D eigenvalue weighted by Crippen LogP contribution is -2.54. The number of hydrogen-bond donors (Lipinski definition) is 1. The lowest BCUT2D eigenvalue weighted by Gasteiger charge is -2.36. The van der Waals surface area contributed by atoms with Crippen LogP contribution in [0.5, 0.6) is 0 Å². The zero-order chi connectivity index (χ0) is 24.2. The van der Waals surface area contributed by atoms with Crippen molar-refractivity contribution < 1.29 is 19.1 Å². The van der Waals surface area contributed by atoms with Gasteiger partial charge in [0.15, 0.2) is 5.78 Å². The second kappa shape index (κ2) is 10.9. The van der Waals surface area contributed by atoms with Gasteiger partial charge in [0.2, 0.25) is 5.91 Å². The Morgan fingerprint density at radius 1 is 1.09 bits per heavy atom. The number of rotatable bonds is 8. The first-order valence-electron chi connectivity index (χ1n) is 12.8. The minimum Gasteiger partial charge on any atom is -0.369 e. The number of likely N-dealkylation sites (tertiary alicyclic amines) is 1. The molecule has 0 saturated carbocycles. The Bertz CT molecular complexity index is 881. The molecule has 0 aliphatic carbocycles. The van der Waals surface area contributed by atoms with Gasteiger partial charge in [0, 0.05) is 44.0 Å². The van der Waals surface area contributed by atoms with E-state index >= 15 is 0 Å². The van der Waals surface area contributed by atoms with E-state index in [-0.39, 0.29) is 36.2 Å². The number of piperazine rings is 1. The fraction of sp³-hybridized carbons (Fsp3) is 0.654. The number of carbonyl (C=O) groups excluding carboxylic acids is 3. The van der Waals surface area contributed by atoms with E-state index in [1.54, 1.807) is 4.90 Å². The Morgan fingerprint density at radius 3 is 2.44 bits per heavy atom. The molecule has 8 heteroatoms. The summed E-state index contributed by atoms with van der Waals surface area (Å²) in [5, 5.41) is 2.97. The van der Waals surface area contributed by atoms with Crippen LogP contribution in [0.4, 0.5) is 5.69 Å². The highest BCUT2D eigenvalue weighted by Crippen LogP contribution is 2.28. The molecule has 3 saturated heterocycles. The Labute approximate surface area is 202 Å². The quantitative estimate of drug-likeness (QED) is 0.625. The highest BCUT2D eigenvalue weighted by molar-refractivity contribution is 5.99. The summed E-state index contributed by atoms with van der Waals surface area (Å²) in [5.74, 6) is -0.541. The maximum atomic E-state index is 13.4. The van der Waals surface area contributed by atoms with Gasteiger partial charge in [0.1, 0.15) is 18.7 Å². The Hall–Kier alpha value is -2.45. The molecule has 3 heterocycles. The molecule has 34 heavy (non-hydrogen) atoms. The summed E-state index contributed by atoms with van der Waals surface area (Å²) < 4.78 is 5.53. The molecule has 1 aromatic carbocycles. The third-order valence-corrected chi connectivity index (χ3v) is 7.57. The van der Waals surface area contributed by atoms with Crippen LogP contribution in [-0.2, 0) is 14.3 Å². The molecule has 1 unspecified atom stereocenters. The number of amides is 2. The van der Waals surface area contributed by atoms with Crippen LogP contribution in [0.15, 0.2) is 24.3 Å². The van der Waals surface area contributed by atoms with Crippen molar-refractivity contribution in [1.29, 1.82) is 0 Å². The number of fused-ring (bicyclic) bond motifs is 1. The molecule has 2 amide bonds. The third-order valence-electron chi connectivity index (χ3n) is 7.57. The van der Waals surface area contributed by atoms with Crippen LogP contribution in [0, 0.1) is 5.92 Å². The number of anilines is 1. The summed E-state index contributed by atoms with van der Waals surface area (Å²) in [5.41, 5.74) is 1.65. The number of nitrogens with one attached hydrogen (secondary N) is 1. The van der Waals surface area contributed by atoms with Crippen molar-refractivity contribution in [3.05, 3.63) is 29.8 Å². The molecule has 0 aromatic heterocycles. The fourth-order valence-corrected chi connectivity index (χ4v) is 5.30. The second-order valence-corrected chi connectivity index (χ2v) is 9.79. The molecule has 4 atom stereocenters. The number of hydrogen-bond acceptors (Lipinski definition) is 6. The summed E-state index contributed by atoms with van der Waals surface area (Å²) in [6.07, 6.45) is 2.37. The largest absolute Gasteiger partial charge is 0.369 e. The molecular formula is C26H38N4O4. The van der Waals surface area contributed by atoms with Gasteiger partial charge in [-0.2, -0.15) is 0 Å². The predicted molar refractivity (Wildman–Crippen MR) is 131 cm³/mol. The van der Waals surface area contributed by atoms with Crippen LogP contribution in [0.2, 0.25) is 0 Å². The van der Waals surface area contributed by atoms with Gasteiger partial charge >= 0.3 is 0 Å². The average Bonchev–Trinajstić information content (AvgIpc) is 3.45. The minimum atomic E-state index is -0.670. The van der Waals surface area contributed by atoms with Crippen LogP contribution >= 0.6 is 0 Å². The zero-order valence-electron chi connectivity index (χ0n) is 20.7. The molecule has 1 aromatic rings. The van der Waals surface area contributed by atoms with E-state index in [0.717, 1.165) is 44.8 Å². The molecule has 0 radical (unpaired) electrons. The van der Waals surface area contributed by atoms with Crippen LogP contribution in [0.25, 0.3) is 0 Å². The molecule has 186 valence electrons. The second-order valence-electron chi connectivity index (χ2n) is 9.79. The van der Waals surface area contributed by atoms with Crippen molar-refractivity contribution >= 4 is 23.3 Å². The van der Waals surface area contributed by atoms with Crippen LogP contribution < -0.4 is 10.2 Å². The number of ether oxygens (including phenoxy) is 1. The molecule has 1 N–H and O–H groups in total. The van der Waals surface area contributed by atoms with E-state index in [1.165, 1.54) is 6.42 Å². The minimum absolute atomic E-state index is 0.0452. The number of benzene rings is 1. The fourth-order valence-electron chi connectivity index (χ4n) is 5.30. The summed E-state index contributed by atoms with van der Waals surface area (Å²) in [7, 11) is 0. The average molecular weight is 471 g/mol. The molecule has 4 rings (SSSR count). The van der Waals surface area contributed by atoms with E-state index < -0.39 is 12.1 Å². The van der Waals surface area contributed by atoms with E-state index in [1.807, 2.05) is 38.1 Å². The van der Waals surface area contributed by atoms with E-state index in [0.29, 0.717) is 18.5 Å². The van der Waals surface area contributed by atoms with Gasteiger partial charge in [-0.05, 0) is 49.6 Å². The highest BCUT2D eigenvalue weighted by atomic mass is 16.5. The molecular weight excluding hydrogens is 432 g/mol. The summed E-state index contributed by atoms with van der Waals surface area (Å²) in [6, 6.07) is 6.47. The number of Topliss-reactive ketones (excluding diaryl/α,β-unsaturated/α-hetero) is 1. The monoisotopic (exact) mass is 470 g/mol. The van der Waals surface area contributed by atoms with Gasteiger partial charge in [-0.1, -0.05) is 27.2 Å². The molecule has 0 spiro atoms. The van der Waals surface area contributed by atoms with Gasteiger partial charge in [-0.25, -0.2) is 0 Å². The van der Waals surface area contributed by atoms with Gasteiger partial charge in [-0.15, -0.1) is 0 Å². The Kier molecular flexibility index (Phi) is 7.88. The van der Waals surface area contributed by atoms with Gasteiger partial charge < -0.3 is 19.9 Å². The van der Waals surface area contributed by atoms with Crippen molar-refractivity contribution in [2.24, 2.45) is 5.92 Å². The molecule has 3 aliphatic heterocycles. The van der Waals surface area contributed by atoms with Gasteiger partial charge in [0.25, 0.3) is 5.91 Å². The molecule has 3 aliphatic rings. The first-order valence-corrected chi connectivity index (χ1v) is 12.8. The van der Waals surface area contributed by atoms with Crippen molar-refractivity contribution in [2.75, 3.05) is 50.8 Å². The standard InChI is InChI=1S/C26H38N4O4/c1-4-11-28-13-15-29(16-14-28)20-8-6-19(7-9-20)25(32)27-23(18(3)5-2)26(33)30-12-10-22-24(30)21(31)17-34-22/h6-9,18,22-24H,4-5,10-17H2,1-3H3,(H,27,32)/t18?,22-,23+,24-/m1/s1. The SMILES string of the molecule is CCCN1CCN(c2ccc(C(=O)N[C@H](C(=O)N3CC[C@H]4OCC(=O)[C@H]43)C(C)CC)cc2)CC1. The van der Waals surface area contributed by atoms with Crippen LogP contribution in [-0.4, -0.2) is 91.5 Å². The predicted octanol–water partition coefficient (Wildman–Crippen LogP) is 1.93. The third kappa shape index (κ3) is 5.13. The van der Waals surface area contributed by atoms with Crippen molar-refractivity contribution in [3.8, 4) is 0 Å². The van der Waals surface area contributed by atoms with Crippen molar-refractivity contribution in [3.63, 3.8) is 0 Å². The lowest BCUT2D eigenvalue weighted by molar-refractivity contribution is -0.139. The first kappa shape index (κ1) is 24.7. The number of carbonyl (C=O) groups is 3. The van der Waals surface area contributed by atoms with E-state index in [9.17, 15) is 14.4 Å². The van der Waals surface area contributed by atoms with Crippen molar-refractivity contribution in [1.82, 2.24) is 15.1 Å². The van der Waals surface area contributed by atoms with E-state index in [4.69, 9.17) is 4.74 Å². The number of nitrogens with zero attached hydrogens (tertiary/aromatic N) is 3. The smallest absolute Gasteiger partial charge is 0.251 e. The maximum absolute atomic E-state index is 13.4. The molecule has 3 fully saturated rings. The zero-order valence-corrected chi connectivity index (χ0v) is 20.7. The summed E-state index contributed by atoms with van der Waals surface area (Å²) >= 11 is 0. The molecule has 8 nitrogen and oxygen atoms in total. The van der Waals surface area contributed by atoms with Crippen LogP contribution in [0.3, 0.4) is 0 Å². The Balaban J connectivity index is 1.40. The summed E-state index contributed by atoms with van der Waals surface area (Å²) in [4.78, 5) is 45.3. The maximum Gasteiger partial charge on any atom is 0.251 e. The molecule has 0 bridgehead atoms. The summed E-state index contributed by atoms with van der Waals surface area (Å²) in [6.45, 7) is 12.0. The highest BCUT2D eigenvalue weighted by Gasteiger charge is 2.48. The van der Waals surface area contributed by atoms with Gasteiger partial charge in [0.05, 0.1) is 6.10 Å². The van der Waals surface area contributed by atoms with E-state index in [2.05, 4.69) is 22.0 Å². The Morgan fingerprint density at radius 2 is 1.79 bits per heavy atom. The van der Waals surface area contributed by atoms with Crippen molar-refractivity contribution in [2.45, 2.75) is 58.2 Å². The van der Waals surface area contributed by atoms with Crippen LogP contribution in [0.1, 0.15) is 50.4 Å². The first-order chi connectivity index (χ1) is 16.4. The van der Waals surface area contributed by atoms with Gasteiger partial charge in [-0.3, -0.25) is 19.3 Å². The normalized spacial score (nSPS) is 24.7. The number of ketones is 1.